The van der Waals surface area contributed by atoms with E-state index in [9.17, 15) is 9.90 Å². The maximum absolute atomic E-state index is 13.4. The third kappa shape index (κ3) is 12.2. The van der Waals surface area contributed by atoms with Gasteiger partial charge in [0.15, 0.2) is 12.6 Å². The highest BCUT2D eigenvalue weighted by atomic mass is 16.7. The molecular formula is C47H59NO9. The number of rotatable bonds is 18. The van der Waals surface area contributed by atoms with Gasteiger partial charge in [0.25, 0.3) is 0 Å². The zero-order chi connectivity index (χ0) is 40.0. The van der Waals surface area contributed by atoms with Crippen molar-refractivity contribution in [3.8, 4) is 0 Å². The minimum atomic E-state index is -0.700. The van der Waals surface area contributed by atoms with Gasteiger partial charge >= 0.3 is 6.09 Å². The number of nitrogens with zero attached hydrogens (tertiary/aromatic N) is 1. The number of aliphatic hydroxyl groups is 1. The van der Waals surface area contributed by atoms with Gasteiger partial charge in [0.1, 0.15) is 18.8 Å². The summed E-state index contributed by atoms with van der Waals surface area (Å²) >= 11 is 0. The average molecular weight is 782 g/mol. The molecule has 0 radical (unpaired) electrons. The van der Waals surface area contributed by atoms with E-state index in [-0.39, 0.29) is 56.2 Å². The summed E-state index contributed by atoms with van der Waals surface area (Å²) in [5, 5.41) is 11.2. The lowest BCUT2D eigenvalue weighted by molar-refractivity contribution is -0.334. The molecule has 1 N–H and O–H groups in total. The Morgan fingerprint density at radius 3 is 1.63 bits per heavy atom. The van der Waals surface area contributed by atoms with Gasteiger partial charge in [-0.05, 0) is 34.1 Å². The molecule has 2 heterocycles. The Balaban J connectivity index is 1.11. The van der Waals surface area contributed by atoms with Crippen molar-refractivity contribution in [2.75, 3.05) is 26.4 Å². The Bertz CT molecular complexity index is 1730. The zero-order valence-electron chi connectivity index (χ0n) is 33.6. The summed E-state index contributed by atoms with van der Waals surface area (Å²) in [4.78, 5) is 15.1. The van der Waals surface area contributed by atoms with E-state index < -0.39 is 37.0 Å². The Morgan fingerprint density at radius 1 is 0.596 bits per heavy atom. The van der Waals surface area contributed by atoms with Crippen molar-refractivity contribution in [2.45, 2.75) is 91.1 Å². The van der Waals surface area contributed by atoms with Crippen LogP contribution in [0.2, 0.25) is 0 Å². The maximum Gasteiger partial charge on any atom is 0.410 e. The van der Waals surface area contributed by atoms with E-state index in [4.69, 9.17) is 33.2 Å². The van der Waals surface area contributed by atoms with Crippen LogP contribution < -0.4 is 0 Å². The highest BCUT2D eigenvalue weighted by Gasteiger charge is 2.48. The number of benzene rings is 4. The van der Waals surface area contributed by atoms with Crippen LogP contribution in [0.1, 0.15) is 49.9 Å². The van der Waals surface area contributed by atoms with Crippen LogP contribution in [0.5, 0.6) is 0 Å². The number of hydrogen-bond acceptors (Lipinski definition) is 9. The quantitative estimate of drug-likeness (QED) is 0.108. The Morgan fingerprint density at radius 2 is 1.07 bits per heavy atom. The number of carbonyl (C=O) groups is 1. The molecule has 0 aliphatic carbocycles. The molecule has 306 valence electrons. The van der Waals surface area contributed by atoms with Gasteiger partial charge in [0.05, 0.1) is 45.2 Å². The molecular weight excluding hydrogens is 723 g/mol. The van der Waals surface area contributed by atoms with Crippen molar-refractivity contribution in [1.29, 1.82) is 0 Å². The van der Waals surface area contributed by atoms with Crippen molar-refractivity contribution in [1.82, 2.24) is 4.90 Å². The first-order valence-electron chi connectivity index (χ1n) is 20.3. The van der Waals surface area contributed by atoms with Crippen LogP contribution in [0.3, 0.4) is 0 Å². The maximum atomic E-state index is 13.4. The van der Waals surface area contributed by atoms with Crippen molar-refractivity contribution < 1.29 is 43.1 Å². The second-order valence-electron chi connectivity index (χ2n) is 15.4. The SMILES string of the molecule is CC1[C@@H](O[C@H]2C(COCc3ccccc3)O[C@H](OCCN(Cc3ccccc3)C(=O)OCc3ccccc3)C(C)[C@H]2C)OC(COCc2ccccc2)[C@@H](O)[C@@H]1C. The van der Waals surface area contributed by atoms with Gasteiger partial charge in [-0.2, -0.15) is 0 Å². The molecule has 4 aromatic carbocycles. The van der Waals surface area contributed by atoms with Crippen molar-refractivity contribution in [3.63, 3.8) is 0 Å². The van der Waals surface area contributed by atoms with Gasteiger partial charge in [0.2, 0.25) is 0 Å². The van der Waals surface area contributed by atoms with Crippen LogP contribution in [-0.2, 0) is 59.5 Å². The summed E-state index contributed by atoms with van der Waals surface area (Å²) < 4.78 is 44.6. The Hall–Kier alpha value is -4.13. The van der Waals surface area contributed by atoms with Crippen LogP contribution in [0.15, 0.2) is 121 Å². The van der Waals surface area contributed by atoms with E-state index in [1.807, 2.05) is 128 Å². The van der Waals surface area contributed by atoms with Crippen LogP contribution in [0, 0.1) is 23.7 Å². The molecule has 0 bridgehead atoms. The third-order valence-electron chi connectivity index (χ3n) is 11.3. The molecule has 2 aliphatic rings. The predicted octanol–water partition coefficient (Wildman–Crippen LogP) is 8.02. The van der Waals surface area contributed by atoms with E-state index in [1.54, 1.807) is 4.90 Å². The number of hydrogen-bond donors (Lipinski definition) is 1. The van der Waals surface area contributed by atoms with Crippen LogP contribution in [-0.4, -0.2) is 79.5 Å². The molecule has 2 fully saturated rings. The average Bonchev–Trinajstić information content (AvgIpc) is 3.24. The molecule has 10 atom stereocenters. The van der Waals surface area contributed by atoms with Crippen LogP contribution in [0.4, 0.5) is 4.79 Å². The van der Waals surface area contributed by atoms with Gasteiger partial charge < -0.3 is 43.2 Å². The molecule has 0 saturated carbocycles. The van der Waals surface area contributed by atoms with E-state index in [0.29, 0.717) is 26.3 Å². The number of aliphatic hydroxyl groups excluding tert-OH is 1. The largest absolute Gasteiger partial charge is 0.445 e. The highest BCUT2D eigenvalue weighted by Crippen LogP contribution is 2.38. The predicted molar refractivity (Wildman–Crippen MR) is 216 cm³/mol. The molecule has 2 aliphatic heterocycles. The summed E-state index contributed by atoms with van der Waals surface area (Å²) in [5.74, 6) is -0.269. The minimum Gasteiger partial charge on any atom is -0.445 e. The fourth-order valence-electron chi connectivity index (χ4n) is 7.38. The fraction of sp³-hybridized carbons (Fsp3) is 0.468. The molecule has 0 spiro atoms. The molecule has 4 unspecified atom stereocenters. The van der Waals surface area contributed by atoms with E-state index in [1.165, 1.54) is 0 Å². The molecule has 1 amide bonds. The lowest BCUT2D eigenvalue weighted by Gasteiger charge is -2.48. The molecule has 2 saturated heterocycles. The van der Waals surface area contributed by atoms with Gasteiger partial charge in [-0.15, -0.1) is 0 Å². The normalized spacial score (nSPS) is 27.5. The first kappa shape index (κ1) is 42.5. The second kappa shape index (κ2) is 21.6. The highest BCUT2D eigenvalue weighted by molar-refractivity contribution is 5.67. The van der Waals surface area contributed by atoms with E-state index in [0.717, 1.165) is 22.3 Å². The van der Waals surface area contributed by atoms with Gasteiger partial charge in [-0.1, -0.05) is 149 Å². The van der Waals surface area contributed by atoms with Crippen LogP contribution >= 0.6 is 0 Å². The molecule has 0 aromatic heterocycles. The molecule has 6 rings (SSSR count). The first-order valence-corrected chi connectivity index (χ1v) is 20.3. The van der Waals surface area contributed by atoms with Gasteiger partial charge in [-0.3, -0.25) is 0 Å². The van der Waals surface area contributed by atoms with Crippen molar-refractivity contribution >= 4 is 6.09 Å². The molecule has 10 nitrogen and oxygen atoms in total. The lowest BCUT2D eigenvalue weighted by Crippen LogP contribution is -2.58. The molecule has 4 aromatic rings. The number of ether oxygens (including phenoxy) is 7. The third-order valence-corrected chi connectivity index (χ3v) is 11.3. The zero-order valence-corrected chi connectivity index (χ0v) is 33.6. The lowest BCUT2D eigenvalue weighted by atomic mass is 9.83. The monoisotopic (exact) mass is 781 g/mol. The first-order chi connectivity index (χ1) is 27.8. The molecule has 10 heteroatoms. The summed E-state index contributed by atoms with van der Waals surface area (Å²) in [6.45, 7) is 10.8. The van der Waals surface area contributed by atoms with Crippen molar-refractivity contribution in [3.05, 3.63) is 144 Å². The Kier molecular flexibility index (Phi) is 16.1. The standard InChI is InChI=1S/C47H59NO9/c1-33-35(3)46(55-41(43(33)49)31-51-28-38-19-11-6-12-20-38)57-44-34(2)36(4)45(56-42(44)32-52-29-39-21-13-7-14-22-39)53-26-25-48(27-37-17-9-5-10-18-37)47(50)54-30-40-23-15-8-16-24-40/h5-24,33-36,41-46,49H,25-32H2,1-4H3/t33-,34-,35?,36?,41?,42?,43+,44-,45+,46-/m1/s1. The topological polar surface area (TPSA) is 105 Å². The number of amides is 1. The number of carbonyl (C=O) groups excluding carboxylic acids is 1. The summed E-state index contributed by atoms with van der Waals surface area (Å²) in [5.41, 5.74) is 4.03. The summed E-state index contributed by atoms with van der Waals surface area (Å²) in [7, 11) is 0. The second-order valence-corrected chi connectivity index (χ2v) is 15.4. The van der Waals surface area contributed by atoms with Crippen molar-refractivity contribution in [2.24, 2.45) is 23.7 Å². The van der Waals surface area contributed by atoms with E-state index >= 15 is 0 Å². The minimum absolute atomic E-state index is 0.0175. The smallest absolute Gasteiger partial charge is 0.410 e. The summed E-state index contributed by atoms with van der Waals surface area (Å²) in [6, 6.07) is 39.5. The van der Waals surface area contributed by atoms with Gasteiger partial charge in [0, 0.05) is 24.9 Å². The Labute approximate surface area is 337 Å². The van der Waals surface area contributed by atoms with Gasteiger partial charge in [-0.25, -0.2) is 4.79 Å². The van der Waals surface area contributed by atoms with E-state index in [2.05, 4.69) is 20.8 Å². The summed E-state index contributed by atoms with van der Waals surface area (Å²) in [6.07, 6.45) is -3.71. The molecule has 57 heavy (non-hydrogen) atoms. The van der Waals surface area contributed by atoms with Crippen LogP contribution in [0.25, 0.3) is 0 Å². The fourth-order valence-corrected chi connectivity index (χ4v) is 7.38.